The van der Waals surface area contributed by atoms with Gasteiger partial charge in [0.25, 0.3) is 5.91 Å². The SMILES string of the molecule is CCC1C(=O)Nc2cc(CN3CCN(c4ccc(C(=O)NC5CC5)nc4)CC3)cnc2N1C. The van der Waals surface area contributed by atoms with Gasteiger partial charge in [0.05, 0.1) is 17.6 Å². The second-order valence-electron chi connectivity index (χ2n) is 9.15. The summed E-state index contributed by atoms with van der Waals surface area (Å²) in [6, 6.07) is 6.01. The van der Waals surface area contributed by atoms with Gasteiger partial charge in [-0.15, -0.1) is 0 Å². The summed E-state index contributed by atoms with van der Waals surface area (Å²) in [7, 11) is 1.93. The minimum absolute atomic E-state index is 0.0321. The zero-order valence-electron chi connectivity index (χ0n) is 19.3. The first-order chi connectivity index (χ1) is 16.0. The minimum Gasteiger partial charge on any atom is -0.368 e. The summed E-state index contributed by atoms with van der Waals surface area (Å²) in [4.78, 5) is 40.2. The molecule has 1 unspecified atom stereocenters. The normalized spacial score (nSPS) is 20.9. The largest absolute Gasteiger partial charge is 0.368 e. The summed E-state index contributed by atoms with van der Waals surface area (Å²) in [6.45, 7) is 6.44. The van der Waals surface area contributed by atoms with Gasteiger partial charge in [0, 0.05) is 52.0 Å². The molecule has 2 N–H and O–H groups in total. The molecule has 2 aliphatic heterocycles. The number of carbonyl (C=O) groups excluding carboxylic acids is 2. The van der Waals surface area contributed by atoms with Gasteiger partial charge in [-0.25, -0.2) is 9.97 Å². The van der Waals surface area contributed by atoms with Crippen molar-refractivity contribution in [2.24, 2.45) is 0 Å². The Labute approximate surface area is 194 Å². The summed E-state index contributed by atoms with van der Waals surface area (Å²) < 4.78 is 0. The molecule has 0 aromatic carbocycles. The number of likely N-dealkylation sites (N-methyl/N-ethyl adjacent to an activating group) is 1. The second kappa shape index (κ2) is 8.97. The molecule has 1 aliphatic carbocycles. The number of anilines is 3. The van der Waals surface area contributed by atoms with Crippen molar-refractivity contribution in [1.29, 1.82) is 0 Å². The van der Waals surface area contributed by atoms with Gasteiger partial charge in [0.2, 0.25) is 5.91 Å². The monoisotopic (exact) mass is 449 g/mol. The first-order valence-corrected chi connectivity index (χ1v) is 11.8. The van der Waals surface area contributed by atoms with Crippen LogP contribution in [0.4, 0.5) is 17.2 Å². The zero-order valence-corrected chi connectivity index (χ0v) is 19.3. The summed E-state index contributed by atoms with van der Waals surface area (Å²) in [5, 5.41) is 5.99. The number of aromatic nitrogens is 2. The van der Waals surface area contributed by atoms with Gasteiger partial charge >= 0.3 is 0 Å². The lowest BCUT2D eigenvalue weighted by molar-refractivity contribution is -0.117. The molecule has 0 radical (unpaired) electrons. The molecule has 0 spiro atoms. The van der Waals surface area contributed by atoms with E-state index in [0.717, 1.165) is 74.7 Å². The Hall–Kier alpha value is -3.20. The molecular formula is C24H31N7O2. The number of hydrogen-bond donors (Lipinski definition) is 2. The Kier molecular flexibility index (Phi) is 5.88. The van der Waals surface area contributed by atoms with Crippen molar-refractivity contribution in [3.05, 3.63) is 41.9 Å². The predicted molar refractivity (Wildman–Crippen MR) is 128 cm³/mol. The van der Waals surface area contributed by atoms with Crippen molar-refractivity contribution in [3.8, 4) is 0 Å². The molecule has 1 saturated carbocycles. The molecule has 4 heterocycles. The van der Waals surface area contributed by atoms with Crippen LogP contribution in [-0.4, -0.2) is 72.0 Å². The van der Waals surface area contributed by atoms with Gasteiger partial charge < -0.3 is 20.4 Å². The molecular weight excluding hydrogens is 418 g/mol. The third kappa shape index (κ3) is 4.64. The lowest BCUT2D eigenvalue weighted by atomic mass is 10.1. The highest BCUT2D eigenvalue weighted by atomic mass is 16.2. The smallest absolute Gasteiger partial charge is 0.270 e. The third-order valence-electron chi connectivity index (χ3n) is 6.71. The number of amides is 2. The Balaban J connectivity index is 1.16. The van der Waals surface area contributed by atoms with Crippen molar-refractivity contribution in [2.75, 3.05) is 48.3 Å². The molecule has 5 rings (SSSR count). The van der Waals surface area contributed by atoms with E-state index in [2.05, 4.69) is 30.4 Å². The van der Waals surface area contributed by atoms with Crippen molar-refractivity contribution in [2.45, 2.75) is 44.8 Å². The molecule has 2 aromatic rings. The number of nitrogens with zero attached hydrogens (tertiary/aromatic N) is 5. The fourth-order valence-corrected chi connectivity index (χ4v) is 4.58. The predicted octanol–water partition coefficient (Wildman–Crippen LogP) is 1.86. The van der Waals surface area contributed by atoms with Crippen LogP contribution in [0.2, 0.25) is 0 Å². The Morgan fingerprint density at radius 2 is 1.94 bits per heavy atom. The van der Waals surface area contributed by atoms with Crippen molar-refractivity contribution in [3.63, 3.8) is 0 Å². The van der Waals surface area contributed by atoms with Gasteiger partial charge in [0.1, 0.15) is 11.7 Å². The van der Waals surface area contributed by atoms with E-state index in [-0.39, 0.29) is 17.9 Å². The van der Waals surface area contributed by atoms with Gasteiger partial charge in [-0.3, -0.25) is 14.5 Å². The number of carbonyl (C=O) groups is 2. The van der Waals surface area contributed by atoms with Gasteiger partial charge in [-0.2, -0.15) is 0 Å². The molecule has 9 nitrogen and oxygen atoms in total. The minimum atomic E-state index is -0.167. The topological polar surface area (TPSA) is 93.7 Å². The van der Waals surface area contributed by atoms with E-state index in [1.807, 2.05) is 43.3 Å². The van der Waals surface area contributed by atoms with Gasteiger partial charge in [-0.05, 0) is 43.0 Å². The van der Waals surface area contributed by atoms with Crippen LogP contribution in [0.1, 0.15) is 42.2 Å². The number of pyridine rings is 2. The van der Waals surface area contributed by atoms with Gasteiger partial charge in [-0.1, -0.05) is 6.92 Å². The lowest BCUT2D eigenvalue weighted by Gasteiger charge is -2.36. The maximum Gasteiger partial charge on any atom is 0.270 e. The van der Waals surface area contributed by atoms with E-state index >= 15 is 0 Å². The fraction of sp³-hybridized carbons (Fsp3) is 0.500. The second-order valence-corrected chi connectivity index (χ2v) is 9.15. The number of rotatable bonds is 6. The van der Waals surface area contributed by atoms with E-state index < -0.39 is 0 Å². The lowest BCUT2D eigenvalue weighted by Crippen LogP contribution is -2.46. The zero-order chi connectivity index (χ0) is 22.9. The average molecular weight is 450 g/mol. The number of hydrogen-bond acceptors (Lipinski definition) is 7. The average Bonchev–Trinajstić information content (AvgIpc) is 3.64. The molecule has 0 bridgehead atoms. The number of piperazine rings is 1. The molecule has 33 heavy (non-hydrogen) atoms. The molecule has 1 atom stereocenters. The highest BCUT2D eigenvalue weighted by Crippen LogP contribution is 2.30. The van der Waals surface area contributed by atoms with Crippen LogP contribution in [0.15, 0.2) is 30.6 Å². The van der Waals surface area contributed by atoms with Crippen LogP contribution in [0.25, 0.3) is 0 Å². The summed E-state index contributed by atoms with van der Waals surface area (Å²) in [6.07, 6.45) is 6.61. The standard InChI is InChI=1S/C24H31N7O2/c1-3-21-24(33)28-20-12-16(13-26-22(20)29(21)2)15-30-8-10-31(11-9-30)18-6-7-19(25-14-18)23(32)27-17-4-5-17/h6-7,12-14,17,21H,3-5,8-11,15H2,1-2H3,(H,27,32)(H,28,33). The van der Waals surface area contributed by atoms with Crippen molar-refractivity contribution in [1.82, 2.24) is 20.2 Å². The fourth-order valence-electron chi connectivity index (χ4n) is 4.58. The Bertz CT molecular complexity index is 1030. The summed E-state index contributed by atoms with van der Waals surface area (Å²) in [5.41, 5.74) is 3.41. The molecule has 2 fully saturated rings. The summed E-state index contributed by atoms with van der Waals surface area (Å²) in [5.74, 6) is 0.779. The van der Waals surface area contributed by atoms with E-state index in [1.54, 1.807) is 6.20 Å². The Morgan fingerprint density at radius 3 is 2.61 bits per heavy atom. The quantitative estimate of drug-likeness (QED) is 0.695. The highest BCUT2D eigenvalue weighted by molar-refractivity contribution is 6.02. The van der Waals surface area contributed by atoms with Crippen LogP contribution >= 0.6 is 0 Å². The summed E-state index contributed by atoms with van der Waals surface area (Å²) >= 11 is 0. The molecule has 2 amide bonds. The van der Waals surface area contributed by atoms with E-state index in [9.17, 15) is 9.59 Å². The Morgan fingerprint density at radius 1 is 1.15 bits per heavy atom. The van der Waals surface area contributed by atoms with Gasteiger partial charge in [0.15, 0.2) is 5.82 Å². The van der Waals surface area contributed by atoms with Crippen LogP contribution in [0, 0.1) is 0 Å². The van der Waals surface area contributed by atoms with Crippen molar-refractivity contribution < 1.29 is 9.59 Å². The van der Waals surface area contributed by atoms with E-state index in [0.29, 0.717) is 11.7 Å². The highest BCUT2D eigenvalue weighted by Gasteiger charge is 2.30. The van der Waals surface area contributed by atoms with Crippen LogP contribution in [0.3, 0.4) is 0 Å². The van der Waals surface area contributed by atoms with E-state index in [4.69, 9.17) is 0 Å². The molecule has 1 saturated heterocycles. The molecule has 174 valence electrons. The molecule has 9 heteroatoms. The maximum atomic E-state index is 12.4. The number of nitrogens with one attached hydrogen (secondary N) is 2. The van der Waals surface area contributed by atoms with Crippen LogP contribution in [-0.2, 0) is 11.3 Å². The maximum absolute atomic E-state index is 12.4. The van der Waals surface area contributed by atoms with Crippen LogP contribution in [0.5, 0.6) is 0 Å². The van der Waals surface area contributed by atoms with Crippen molar-refractivity contribution >= 4 is 29.0 Å². The van der Waals surface area contributed by atoms with E-state index in [1.165, 1.54) is 0 Å². The first kappa shape index (κ1) is 21.6. The number of fused-ring (bicyclic) bond motifs is 1. The first-order valence-electron chi connectivity index (χ1n) is 11.8. The van der Waals surface area contributed by atoms with Crippen LogP contribution < -0.4 is 20.4 Å². The molecule has 3 aliphatic rings. The third-order valence-corrected chi connectivity index (χ3v) is 6.71. The molecule has 2 aromatic heterocycles.